The molecule has 0 aliphatic rings. The maximum Gasteiger partial charge on any atom is 0.216 e. The van der Waals surface area contributed by atoms with Crippen LogP contribution in [0.5, 0.6) is 0 Å². The highest BCUT2D eigenvalue weighted by Gasteiger charge is 2.24. The second kappa shape index (κ2) is 8.97. The van der Waals surface area contributed by atoms with Crippen molar-refractivity contribution in [2.75, 3.05) is 0 Å². The number of furan rings is 1. The summed E-state index contributed by atoms with van der Waals surface area (Å²) in [5.41, 5.74) is 7.59. The van der Waals surface area contributed by atoms with Gasteiger partial charge in [0, 0.05) is 26.5 Å². The summed E-state index contributed by atoms with van der Waals surface area (Å²) >= 11 is 0. The average molecular weight is 501 g/mol. The van der Waals surface area contributed by atoms with Crippen LogP contribution in [0.3, 0.4) is 0 Å². The lowest BCUT2D eigenvalue weighted by molar-refractivity contribution is -0.662. The zero-order chi connectivity index (χ0) is 29.1. The standard InChI is InChI=1S/C34H26FN2O/c1-20-10-12-24(17-28(20)23-8-6-5-7-9-23)32-25(18-36)13-15-27-26-14-11-21(2)31(33(26)38-34(27)32)30-16-22(3)29(35)19-37(30)4/h5-17,19H,1-4H3/q+1/i1D3. The molecule has 0 atom stereocenters. The zero-order valence-electron chi connectivity index (χ0n) is 24.3. The zero-order valence-corrected chi connectivity index (χ0v) is 21.3. The molecule has 2 heterocycles. The minimum atomic E-state index is -2.32. The molecule has 38 heavy (non-hydrogen) atoms. The Balaban J connectivity index is 1.68. The molecular weight excluding hydrogens is 471 g/mol. The minimum absolute atomic E-state index is 0.236. The van der Waals surface area contributed by atoms with Gasteiger partial charge in [0.1, 0.15) is 18.2 Å². The summed E-state index contributed by atoms with van der Waals surface area (Å²) < 4.78 is 47.1. The number of pyridine rings is 1. The van der Waals surface area contributed by atoms with Crippen molar-refractivity contribution in [2.24, 2.45) is 7.05 Å². The Morgan fingerprint density at radius 2 is 1.53 bits per heavy atom. The first-order chi connectivity index (χ1) is 19.6. The molecule has 0 spiro atoms. The molecular formula is C34H26FN2O+. The van der Waals surface area contributed by atoms with E-state index in [0.717, 1.165) is 33.2 Å². The number of hydrogen-bond acceptors (Lipinski definition) is 2. The van der Waals surface area contributed by atoms with Crippen molar-refractivity contribution in [3.05, 3.63) is 113 Å². The smallest absolute Gasteiger partial charge is 0.216 e. The summed E-state index contributed by atoms with van der Waals surface area (Å²) in [7, 11) is 1.80. The molecule has 4 heteroatoms. The van der Waals surface area contributed by atoms with E-state index < -0.39 is 6.85 Å². The molecule has 0 saturated carbocycles. The Bertz CT molecular complexity index is 2040. The van der Waals surface area contributed by atoms with E-state index in [0.29, 0.717) is 39.0 Å². The number of benzene rings is 4. The van der Waals surface area contributed by atoms with E-state index in [2.05, 4.69) is 6.07 Å². The lowest BCUT2D eigenvalue weighted by Crippen LogP contribution is -2.31. The van der Waals surface area contributed by atoms with Crippen LogP contribution in [0.25, 0.3) is 55.4 Å². The van der Waals surface area contributed by atoms with Gasteiger partial charge in [-0.25, -0.2) is 4.39 Å². The normalized spacial score (nSPS) is 12.8. The predicted octanol–water partition coefficient (Wildman–Crippen LogP) is 8.35. The molecule has 6 aromatic rings. The van der Waals surface area contributed by atoms with Gasteiger partial charge in [0.05, 0.1) is 17.2 Å². The number of aromatic nitrogens is 1. The van der Waals surface area contributed by atoms with Crippen molar-refractivity contribution in [1.82, 2.24) is 0 Å². The Morgan fingerprint density at radius 3 is 2.26 bits per heavy atom. The van der Waals surface area contributed by atoms with Gasteiger partial charge in [-0.15, -0.1) is 0 Å². The number of halogens is 1. The van der Waals surface area contributed by atoms with E-state index in [1.807, 2.05) is 67.6 Å². The summed E-state index contributed by atoms with van der Waals surface area (Å²) in [4.78, 5) is 0. The topological polar surface area (TPSA) is 40.8 Å². The van der Waals surface area contributed by atoms with E-state index in [-0.39, 0.29) is 11.4 Å². The maximum atomic E-state index is 14.3. The fourth-order valence-electron chi connectivity index (χ4n) is 5.22. The quantitative estimate of drug-likeness (QED) is 0.229. The summed E-state index contributed by atoms with van der Waals surface area (Å²) in [6.07, 6.45) is 1.46. The predicted molar refractivity (Wildman–Crippen MR) is 150 cm³/mol. The molecule has 0 aliphatic heterocycles. The summed E-state index contributed by atoms with van der Waals surface area (Å²) in [5.74, 6) is -0.290. The van der Waals surface area contributed by atoms with Crippen molar-refractivity contribution in [3.63, 3.8) is 0 Å². The number of nitrogens with zero attached hydrogens (tertiary/aromatic N) is 2. The molecule has 2 aromatic heterocycles. The Hall–Kier alpha value is -4.75. The van der Waals surface area contributed by atoms with E-state index in [1.165, 1.54) is 6.20 Å². The van der Waals surface area contributed by atoms with Crippen LogP contribution in [0, 0.1) is 37.8 Å². The van der Waals surface area contributed by atoms with Gasteiger partial charge < -0.3 is 4.42 Å². The minimum Gasteiger partial charge on any atom is -0.454 e. The second-order valence-corrected chi connectivity index (χ2v) is 9.64. The number of nitriles is 1. The lowest BCUT2D eigenvalue weighted by atomic mass is 9.92. The highest BCUT2D eigenvalue weighted by atomic mass is 19.1. The molecule has 0 unspecified atom stereocenters. The van der Waals surface area contributed by atoms with Gasteiger partial charge in [0.25, 0.3) is 0 Å². The molecule has 3 nitrogen and oxygen atoms in total. The van der Waals surface area contributed by atoms with E-state index >= 15 is 0 Å². The third-order valence-electron chi connectivity index (χ3n) is 7.20. The van der Waals surface area contributed by atoms with Crippen LogP contribution in [0.15, 0.2) is 89.5 Å². The number of rotatable bonds is 3. The molecule has 0 amide bonds. The highest BCUT2D eigenvalue weighted by Crippen LogP contribution is 2.42. The Kier molecular flexibility index (Phi) is 4.80. The highest BCUT2D eigenvalue weighted by molar-refractivity contribution is 6.14. The summed E-state index contributed by atoms with van der Waals surface area (Å²) in [6, 6.07) is 26.3. The van der Waals surface area contributed by atoms with Crippen LogP contribution in [0.4, 0.5) is 4.39 Å². The molecule has 0 bridgehead atoms. The molecule has 0 saturated heterocycles. The van der Waals surface area contributed by atoms with Gasteiger partial charge in [0.15, 0.2) is 5.82 Å². The molecule has 0 N–H and O–H groups in total. The largest absolute Gasteiger partial charge is 0.454 e. The SMILES string of the molecule is [2H]C([2H])([2H])c1ccc(-c2c(C#N)ccc3c2oc2c(-c4cc(C)c(F)c[n+]4C)c(C)ccc23)cc1-c1ccccc1. The summed E-state index contributed by atoms with van der Waals surface area (Å²) in [5, 5.41) is 11.8. The first-order valence-electron chi connectivity index (χ1n) is 13.8. The molecule has 4 aromatic carbocycles. The van der Waals surface area contributed by atoms with Gasteiger partial charge in [-0.1, -0.05) is 54.6 Å². The van der Waals surface area contributed by atoms with Crippen LogP contribution >= 0.6 is 0 Å². The molecule has 184 valence electrons. The van der Waals surface area contributed by atoms with Crippen LogP contribution in [0.2, 0.25) is 0 Å². The molecule has 0 radical (unpaired) electrons. The van der Waals surface area contributed by atoms with Crippen LogP contribution < -0.4 is 4.57 Å². The first-order valence-corrected chi connectivity index (χ1v) is 12.3. The third-order valence-corrected chi connectivity index (χ3v) is 7.20. The Morgan fingerprint density at radius 1 is 0.816 bits per heavy atom. The van der Waals surface area contributed by atoms with Crippen molar-refractivity contribution < 1.29 is 17.5 Å². The maximum absolute atomic E-state index is 14.3. The van der Waals surface area contributed by atoms with Crippen LogP contribution in [-0.2, 0) is 7.05 Å². The second-order valence-electron chi connectivity index (χ2n) is 9.64. The lowest BCUT2D eigenvalue weighted by Gasteiger charge is -2.11. The van der Waals surface area contributed by atoms with Crippen LogP contribution in [-0.4, -0.2) is 0 Å². The number of hydrogen-bond donors (Lipinski definition) is 0. The fraction of sp³-hybridized carbons (Fsp3) is 0.118. The van der Waals surface area contributed by atoms with Crippen molar-refractivity contribution >= 4 is 21.9 Å². The van der Waals surface area contributed by atoms with E-state index in [4.69, 9.17) is 8.53 Å². The van der Waals surface area contributed by atoms with Gasteiger partial charge in [0.2, 0.25) is 11.9 Å². The molecule has 0 fully saturated rings. The first kappa shape index (κ1) is 20.3. The fourth-order valence-corrected chi connectivity index (χ4v) is 5.22. The van der Waals surface area contributed by atoms with E-state index in [9.17, 15) is 9.65 Å². The monoisotopic (exact) mass is 500 g/mol. The van der Waals surface area contributed by atoms with E-state index in [1.54, 1.807) is 36.7 Å². The van der Waals surface area contributed by atoms with Gasteiger partial charge in [-0.2, -0.15) is 9.83 Å². The van der Waals surface area contributed by atoms with Gasteiger partial charge in [-0.05, 0) is 72.3 Å². The van der Waals surface area contributed by atoms with Crippen LogP contribution in [0.1, 0.15) is 26.4 Å². The average Bonchev–Trinajstić information content (AvgIpc) is 3.33. The van der Waals surface area contributed by atoms with Gasteiger partial charge in [-0.3, -0.25) is 0 Å². The molecule has 0 aliphatic carbocycles. The summed E-state index contributed by atoms with van der Waals surface area (Å²) in [6.45, 7) is 1.40. The number of fused-ring (bicyclic) bond motifs is 3. The van der Waals surface area contributed by atoms with Crippen molar-refractivity contribution in [2.45, 2.75) is 20.7 Å². The van der Waals surface area contributed by atoms with Gasteiger partial charge >= 0.3 is 0 Å². The number of aryl methyl sites for hydroxylation is 4. The van der Waals surface area contributed by atoms with Crippen molar-refractivity contribution in [1.29, 1.82) is 5.26 Å². The Labute approximate surface area is 225 Å². The third kappa shape index (κ3) is 3.67. The van der Waals surface area contributed by atoms with Crippen molar-refractivity contribution in [3.8, 4) is 39.6 Å². The molecule has 6 rings (SSSR count).